The lowest BCUT2D eigenvalue weighted by Gasteiger charge is -2.08. The summed E-state index contributed by atoms with van der Waals surface area (Å²) < 4.78 is 2.04. The van der Waals surface area contributed by atoms with Gasteiger partial charge >= 0.3 is 5.97 Å². The highest BCUT2D eigenvalue weighted by atomic mass is 16.4. The minimum Gasteiger partial charge on any atom is -0.478 e. The van der Waals surface area contributed by atoms with Crippen LogP contribution in [0.4, 0.5) is 0 Å². The van der Waals surface area contributed by atoms with Gasteiger partial charge in [0, 0.05) is 24.6 Å². The maximum Gasteiger partial charge on any atom is 0.337 e. The van der Waals surface area contributed by atoms with Crippen molar-refractivity contribution in [3.63, 3.8) is 0 Å². The van der Waals surface area contributed by atoms with Crippen LogP contribution in [0.1, 0.15) is 79.9 Å². The SMILES string of the molecule is CCCCCc1nc(CCCCC)n(Cc2ccc(-c3ncccc3C(=O)O)cc2)n1. The second-order valence-corrected chi connectivity index (χ2v) is 7.92. The Morgan fingerprint density at radius 3 is 2.35 bits per heavy atom. The average molecular weight is 421 g/mol. The van der Waals surface area contributed by atoms with E-state index >= 15 is 0 Å². The van der Waals surface area contributed by atoms with Gasteiger partial charge in [0.15, 0.2) is 5.82 Å². The normalized spacial score (nSPS) is 11.0. The molecule has 6 nitrogen and oxygen atoms in total. The van der Waals surface area contributed by atoms with Crippen LogP contribution in [-0.4, -0.2) is 30.8 Å². The molecule has 2 heterocycles. The van der Waals surface area contributed by atoms with Crippen LogP contribution in [0.15, 0.2) is 42.6 Å². The van der Waals surface area contributed by atoms with Crippen molar-refractivity contribution in [3.8, 4) is 11.3 Å². The number of carbonyl (C=O) groups is 1. The van der Waals surface area contributed by atoms with Crippen molar-refractivity contribution in [2.75, 3.05) is 0 Å². The number of hydrogen-bond acceptors (Lipinski definition) is 4. The number of rotatable bonds is 12. The van der Waals surface area contributed by atoms with Gasteiger partial charge in [-0.3, -0.25) is 4.98 Å². The third-order valence-corrected chi connectivity index (χ3v) is 5.40. The number of aryl methyl sites for hydroxylation is 2. The van der Waals surface area contributed by atoms with E-state index in [0.29, 0.717) is 12.2 Å². The van der Waals surface area contributed by atoms with Crippen molar-refractivity contribution in [2.24, 2.45) is 0 Å². The van der Waals surface area contributed by atoms with Gasteiger partial charge in [0.25, 0.3) is 0 Å². The molecule has 3 aromatic rings. The predicted molar refractivity (Wildman–Crippen MR) is 122 cm³/mol. The first-order chi connectivity index (χ1) is 15.1. The maximum atomic E-state index is 11.5. The molecule has 164 valence electrons. The Labute approximate surface area is 184 Å². The van der Waals surface area contributed by atoms with Crippen LogP contribution in [0.5, 0.6) is 0 Å². The summed E-state index contributed by atoms with van der Waals surface area (Å²) in [4.78, 5) is 20.6. The molecule has 3 rings (SSSR count). The van der Waals surface area contributed by atoms with E-state index in [2.05, 4.69) is 18.8 Å². The number of hydrogen-bond donors (Lipinski definition) is 1. The Morgan fingerprint density at radius 2 is 1.68 bits per heavy atom. The van der Waals surface area contributed by atoms with Crippen LogP contribution in [0.25, 0.3) is 11.3 Å². The number of unbranched alkanes of at least 4 members (excludes halogenated alkanes) is 4. The smallest absolute Gasteiger partial charge is 0.337 e. The summed E-state index contributed by atoms with van der Waals surface area (Å²) in [5.74, 6) is 1.03. The van der Waals surface area contributed by atoms with Gasteiger partial charge in [0.1, 0.15) is 5.82 Å². The van der Waals surface area contributed by atoms with E-state index < -0.39 is 5.97 Å². The van der Waals surface area contributed by atoms with Gasteiger partial charge in [-0.05, 0) is 30.5 Å². The molecule has 6 heteroatoms. The van der Waals surface area contributed by atoms with Crippen molar-refractivity contribution < 1.29 is 9.90 Å². The standard InChI is InChI=1S/C25H32N4O2/c1-3-5-7-11-22-27-23(12-8-6-4-2)29(28-22)18-19-13-15-20(16-14-19)24-21(25(30)31)10-9-17-26-24/h9-10,13-17H,3-8,11-12,18H2,1-2H3,(H,30,31). The molecule has 31 heavy (non-hydrogen) atoms. The molecule has 0 unspecified atom stereocenters. The predicted octanol–water partition coefficient (Wildman–Crippen LogP) is 5.55. The molecule has 0 saturated carbocycles. The molecule has 2 aromatic heterocycles. The van der Waals surface area contributed by atoms with Gasteiger partial charge in [-0.1, -0.05) is 63.8 Å². The van der Waals surface area contributed by atoms with Crippen LogP contribution in [0, 0.1) is 0 Å². The van der Waals surface area contributed by atoms with Gasteiger partial charge in [-0.15, -0.1) is 0 Å². The van der Waals surface area contributed by atoms with Gasteiger partial charge in [0.2, 0.25) is 0 Å². The summed E-state index contributed by atoms with van der Waals surface area (Å²) in [6.07, 6.45) is 10.5. The summed E-state index contributed by atoms with van der Waals surface area (Å²) in [7, 11) is 0. The molecule has 0 atom stereocenters. The molecular weight excluding hydrogens is 388 g/mol. The summed E-state index contributed by atoms with van der Waals surface area (Å²) in [6, 6.07) is 11.1. The van der Waals surface area contributed by atoms with Gasteiger partial charge in [-0.2, -0.15) is 5.10 Å². The van der Waals surface area contributed by atoms with E-state index in [4.69, 9.17) is 10.1 Å². The Balaban J connectivity index is 1.77. The summed E-state index contributed by atoms with van der Waals surface area (Å²) in [5.41, 5.74) is 2.60. The van der Waals surface area contributed by atoms with Crippen LogP contribution in [0.3, 0.4) is 0 Å². The molecule has 0 spiro atoms. The lowest BCUT2D eigenvalue weighted by molar-refractivity contribution is 0.0697. The molecular formula is C25H32N4O2. The molecule has 0 fully saturated rings. The average Bonchev–Trinajstić information content (AvgIpc) is 3.16. The number of aromatic carboxylic acids is 1. The van der Waals surface area contributed by atoms with Gasteiger partial charge < -0.3 is 5.11 Å². The fraction of sp³-hybridized carbons (Fsp3) is 0.440. The van der Waals surface area contributed by atoms with E-state index in [1.807, 2.05) is 28.9 Å². The minimum atomic E-state index is -0.970. The number of benzene rings is 1. The largest absolute Gasteiger partial charge is 0.478 e. The fourth-order valence-electron chi connectivity index (χ4n) is 3.66. The molecule has 0 radical (unpaired) electrons. The van der Waals surface area contributed by atoms with Crippen molar-refractivity contribution in [3.05, 3.63) is 65.4 Å². The highest BCUT2D eigenvalue weighted by Gasteiger charge is 2.13. The Kier molecular flexibility index (Phi) is 8.33. The highest BCUT2D eigenvalue weighted by Crippen LogP contribution is 2.22. The molecule has 0 amide bonds. The second kappa shape index (κ2) is 11.4. The van der Waals surface area contributed by atoms with E-state index in [-0.39, 0.29) is 5.56 Å². The molecule has 0 bridgehead atoms. The van der Waals surface area contributed by atoms with Gasteiger partial charge in [0.05, 0.1) is 17.8 Å². The minimum absolute atomic E-state index is 0.210. The summed E-state index contributed by atoms with van der Waals surface area (Å²) >= 11 is 0. The van der Waals surface area contributed by atoms with E-state index in [9.17, 15) is 9.90 Å². The second-order valence-electron chi connectivity index (χ2n) is 7.92. The molecule has 1 N–H and O–H groups in total. The third kappa shape index (κ3) is 6.23. The molecule has 0 aliphatic rings. The van der Waals surface area contributed by atoms with Crippen molar-refractivity contribution >= 4 is 5.97 Å². The Bertz CT molecular complexity index is 979. The molecule has 0 saturated heterocycles. The van der Waals surface area contributed by atoms with E-state index in [0.717, 1.165) is 48.5 Å². The molecule has 1 aromatic carbocycles. The van der Waals surface area contributed by atoms with Crippen LogP contribution >= 0.6 is 0 Å². The van der Waals surface area contributed by atoms with Crippen LogP contribution in [0.2, 0.25) is 0 Å². The summed E-state index contributed by atoms with van der Waals surface area (Å²) in [5, 5.41) is 14.2. The van der Waals surface area contributed by atoms with Crippen LogP contribution in [-0.2, 0) is 19.4 Å². The summed E-state index contributed by atoms with van der Waals surface area (Å²) in [6.45, 7) is 5.08. The van der Waals surface area contributed by atoms with Crippen molar-refractivity contribution in [2.45, 2.75) is 71.8 Å². The maximum absolute atomic E-state index is 11.5. The van der Waals surface area contributed by atoms with Crippen molar-refractivity contribution in [1.29, 1.82) is 0 Å². The first kappa shape index (κ1) is 22.7. The monoisotopic (exact) mass is 420 g/mol. The number of nitrogens with zero attached hydrogens (tertiary/aromatic N) is 4. The molecule has 0 aliphatic carbocycles. The quantitative estimate of drug-likeness (QED) is 0.388. The van der Waals surface area contributed by atoms with E-state index in [1.54, 1.807) is 18.3 Å². The highest BCUT2D eigenvalue weighted by molar-refractivity contribution is 5.94. The number of pyridine rings is 1. The first-order valence-electron chi connectivity index (χ1n) is 11.3. The van der Waals surface area contributed by atoms with Crippen molar-refractivity contribution in [1.82, 2.24) is 19.7 Å². The number of carboxylic acids is 1. The molecule has 0 aliphatic heterocycles. The van der Waals surface area contributed by atoms with E-state index in [1.165, 1.54) is 25.7 Å². The first-order valence-corrected chi connectivity index (χ1v) is 11.3. The Hall–Kier alpha value is -3.02. The fourth-order valence-corrected chi connectivity index (χ4v) is 3.66. The Morgan fingerprint density at radius 1 is 0.968 bits per heavy atom. The third-order valence-electron chi connectivity index (χ3n) is 5.40. The number of carboxylic acid groups (broad SMARTS) is 1. The zero-order valence-electron chi connectivity index (χ0n) is 18.5. The topological polar surface area (TPSA) is 80.9 Å². The van der Waals surface area contributed by atoms with Gasteiger partial charge in [-0.25, -0.2) is 14.5 Å². The zero-order valence-corrected chi connectivity index (χ0v) is 18.5. The lowest BCUT2D eigenvalue weighted by Crippen LogP contribution is -2.07. The number of aromatic nitrogens is 4. The lowest BCUT2D eigenvalue weighted by atomic mass is 10.0. The zero-order chi connectivity index (χ0) is 22.1. The van der Waals surface area contributed by atoms with Crippen LogP contribution < -0.4 is 0 Å².